The number of nitrogens with zero attached hydrogens (tertiary/aromatic N) is 3. The summed E-state index contributed by atoms with van der Waals surface area (Å²) in [6, 6.07) is 5.43. The SMILES string of the molecule is Nc1ccc2nc(Cl)nc(-c3cn[nH]c3)c2c1. The number of fused-ring (bicyclic) bond motifs is 1. The molecule has 0 aliphatic heterocycles. The van der Waals surface area contributed by atoms with Crippen molar-refractivity contribution in [3.8, 4) is 11.3 Å². The normalized spacial score (nSPS) is 10.9. The first-order chi connectivity index (χ1) is 8.24. The molecule has 0 unspecified atom stereocenters. The summed E-state index contributed by atoms with van der Waals surface area (Å²) in [6.07, 6.45) is 3.43. The van der Waals surface area contributed by atoms with Gasteiger partial charge in [-0.1, -0.05) is 0 Å². The summed E-state index contributed by atoms with van der Waals surface area (Å²) in [5.74, 6) is 0. The number of nitrogen functional groups attached to an aromatic ring is 1. The lowest BCUT2D eigenvalue weighted by molar-refractivity contribution is 1.09. The van der Waals surface area contributed by atoms with Gasteiger partial charge in [0.25, 0.3) is 0 Å². The first-order valence-corrected chi connectivity index (χ1v) is 5.34. The molecule has 84 valence electrons. The van der Waals surface area contributed by atoms with Gasteiger partial charge < -0.3 is 5.73 Å². The van der Waals surface area contributed by atoms with Crippen molar-refractivity contribution in [3.05, 3.63) is 35.9 Å². The lowest BCUT2D eigenvalue weighted by Gasteiger charge is -2.04. The van der Waals surface area contributed by atoms with Gasteiger partial charge in [-0.2, -0.15) is 5.10 Å². The van der Waals surface area contributed by atoms with E-state index in [0.717, 1.165) is 22.2 Å². The Labute approximate surface area is 102 Å². The number of rotatable bonds is 1. The van der Waals surface area contributed by atoms with Crippen LogP contribution in [0.5, 0.6) is 0 Å². The number of aromatic nitrogens is 4. The summed E-state index contributed by atoms with van der Waals surface area (Å²) in [4.78, 5) is 8.38. The average molecular weight is 246 g/mol. The van der Waals surface area contributed by atoms with Crippen molar-refractivity contribution >= 4 is 28.2 Å². The minimum atomic E-state index is 0.207. The predicted octanol–water partition coefficient (Wildman–Crippen LogP) is 2.26. The van der Waals surface area contributed by atoms with Gasteiger partial charge >= 0.3 is 0 Å². The molecule has 0 spiro atoms. The van der Waals surface area contributed by atoms with E-state index in [1.54, 1.807) is 18.5 Å². The number of aromatic amines is 1. The van der Waals surface area contributed by atoms with Crippen molar-refractivity contribution in [2.45, 2.75) is 0 Å². The van der Waals surface area contributed by atoms with Gasteiger partial charge in [-0.25, -0.2) is 9.97 Å². The minimum Gasteiger partial charge on any atom is -0.399 e. The van der Waals surface area contributed by atoms with Crippen molar-refractivity contribution < 1.29 is 0 Å². The van der Waals surface area contributed by atoms with Crippen LogP contribution in [0.1, 0.15) is 0 Å². The summed E-state index contributed by atoms with van der Waals surface area (Å²) < 4.78 is 0. The van der Waals surface area contributed by atoms with Gasteiger partial charge in [0, 0.05) is 22.8 Å². The smallest absolute Gasteiger partial charge is 0.223 e. The van der Waals surface area contributed by atoms with Crippen LogP contribution in [0.2, 0.25) is 5.28 Å². The molecular formula is C11H8ClN5. The zero-order valence-electron chi connectivity index (χ0n) is 8.68. The molecule has 0 bridgehead atoms. The maximum atomic E-state index is 5.90. The van der Waals surface area contributed by atoms with E-state index < -0.39 is 0 Å². The molecule has 0 amide bonds. The monoisotopic (exact) mass is 245 g/mol. The maximum Gasteiger partial charge on any atom is 0.223 e. The fraction of sp³-hybridized carbons (Fsp3) is 0. The van der Waals surface area contributed by atoms with E-state index in [4.69, 9.17) is 17.3 Å². The van der Waals surface area contributed by atoms with Gasteiger partial charge in [0.2, 0.25) is 5.28 Å². The predicted molar refractivity (Wildman–Crippen MR) is 66.5 cm³/mol. The molecule has 0 saturated carbocycles. The molecule has 2 heterocycles. The van der Waals surface area contributed by atoms with E-state index in [9.17, 15) is 0 Å². The highest BCUT2D eigenvalue weighted by Gasteiger charge is 2.09. The molecule has 0 aliphatic carbocycles. The van der Waals surface area contributed by atoms with Gasteiger partial charge in [0.1, 0.15) is 0 Å². The zero-order chi connectivity index (χ0) is 11.8. The number of hydrogen-bond acceptors (Lipinski definition) is 4. The van der Waals surface area contributed by atoms with Crippen molar-refractivity contribution in [1.29, 1.82) is 0 Å². The Kier molecular flexibility index (Phi) is 2.19. The molecule has 6 heteroatoms. The summed E-state index contributed by atoms with van der Waals surface area (Å²) in [5, 5.41) is 7.70. The number of hydrogen-bond donors (Lipinski definition) is 2. The van der Waals surface area contributed by atoms with Crippen LogP contribution >= 0.6 is 11.6 Å². The summed E-state index contributed by atoms with van der Waals surface area (Å²) in [6.45, 7) is 0. The average Bonchev–Trinajstić information content (AvgIpc) is 2.82. The maximum absolute atomic E-state index is 5.90. The van der Waals surface area contributed by atoms with Crippen LogP contribution in [0.4, 0.5) is 5.69 Å². The quantitative estimate of drug-likeness (QED) is 0.509. The molecule has 2 aromatic heterocycles. The third-order valence-electron chi connectivity index (χ3n) is 2.46. The molecule has 0 aliphatic rings. The Bertz CT molecular complexity index is 678. The number of nitrogens with one attached hydrogen (secondary N) is 1. The van der Waals surface area contributed by atoms with E-state index in [1.165, 1.54) is 0 Å². The Morgan fingerprint density at radius 1 is 1.24 bits per heavy atom. The molecule has 3 N–H and O–H groups in total. The van der Waals surface area contributed by atoms with Gasteiger partial charge in [0.05, 0.1) is 17.4 Å². The number of H-pyrrole nitrogens is 1. The highest BCUT2D eigenvalue weighted by molar-refractivity contribution is 6.28. The molecule has 5 nitrogen and oxygen atoms in total. The molecule has 0 radical (unpaired) electrons. The number of benzene rings is 1. The Hall–Kier alpha value is -2.14. The Morgan fingerprint density at radius 2 is 2.12 bits per heavy atom. The van der Waals surface area contributed by atoms with Crippen molar-refractivity contribution in [1.82, 2.24) is 20.2 Å². The zero-order valence-corrected chi connectivity index (χ0v) is 9.44. The van der Waals surface area contributed by atoms with Crippen LogP contribution in [0, 0.1) is 0 Å². The fourth-order valence-corrected chi connectivity index (χ4v) is 1.89. The van der Waals surface area contributed by atoms with Gasteiger partial charge in [-0.05, 0) is 29.8 Å². The lowest BCUT2D eigenvalue weighted by atomic mass is 10.1. The number of anilines is 1. The van der Waals surface area contributed by atoms with Crippen LogP contribution < -0.4 is 5.73 Å². The van der Waals surface area contributed by atoms with Crippen LogP contribution in [-0.2, 0) is 0 Å². The lowest BCUT2D eigenvalue weighted by Crippen LogP contribution is -1.92. The summed E-state index contributed by atoms with van der Waals surface area (Å²) >= 11 is 5.90. The molecule has 0 fully saturated rings. The highest BCUT2D eigenvalue weighted by atomic mass is 35.5. The molecule has 17 heavy (non-hydrogen) atoms. The first kappa shape index (κ1) is 10.0. The van der Waals surface area contributed by atoms with Crippen molar-refractivity contribution in [2.75, 3.05) is 5.73 Å². The fourth-order valence-electron chi connectivity index (χ4n) is 1.72. The second kappa shape index (κ2) is 3.71. The third kappa shape index (κ3) is 1.70. The Balaban J connectivity index is 2.39. The van der Waals surface area contributed by atoms with Gasteiger partial charge in [0.15, 0.2) is 0 Å². The van der Waals surface area contributed by atoms with E-state index in [1.807, 2.05) is 12.1 Å². The van der Waals surface area contributed by atoms with Gasteiger partial charge in [-0.15, -0.1) is 0 Å². The van der Waals surface area contributed by atoms with Crippen LogP contribution in [0.15, 0.2) is 30.6 Å². The molecule has 3 rings (SSSR count). The third-order valence-corrected chi connectivity index (χ3v) is 2.63. The summed E-state index contributed by atoms with van der Waals surface area (Å²) in [7, 11) is 0. The van der Waals surface area contributed by atoms with Crippen LogP contribution in [0.3, 0.4) is 0 Å². The standard InChI is InChI=1S/C11H8ClN5/c12-11-16-9-2-1-7(13)3-8(9)10(17-11)6-4-14-15-5-6/h1-5H,13H2,(H,14,15). The number of halogens is 1. The van der Waals surface area contributed by atoms with E-state index in [2.05, 4.69) is 20.2 Å². The van der Waals surface area contributed by atoms with Crippen molar-refractivity contribution in [2.24, 2.45) is 0 Å². The van der Waals surface area contributed by atoms with E-state index >= 15 is 0 Å². The minimum absolute atomic E-state index is 0.207. The topological polar surface area (TPSA) is 80.5 Å². The van der Waals surface area contributed by atoms with E-state index in [-0.39, 0.29) is 5.28 Å². The molecule has 1 aromatic carbocycles. The Morgan fingerprint density at radius 3 is 2.88 bits per heavy atom. The highest BCUT2D eigenvalue weighted by Crippen LogP contribution is 2.27. The molecular weight excluding hydrogens is 238 g/mol. The molecule has 3 aromatic rings. The first-order valence-electron chi connectivity index (χ1n) is 4.96. The number of nitrogens with two attached hydrogens (primary N) is 1. The largest absolute Gasteiger partial charge is 0.399 e. The van der Waals surface area contributed by atoms with Crippen molar-refractivity contribution in [3.63, 3.8) is 0 Å². The van der Waals surface area contributed by atoms with Crippen LogP contribution in [0.25, 0.3) is 22.2 Å². The molecule has 0 atom stereocenters. The van der Waals surface area contributed by atoms with Gasteiger partial charge in [-0.3, -0.25) is 5.10 Å². The van der Waals surface area contributed by atoms with Crippen LogP contribution in [-0.4, -0.2) is 20.2 Å². The second-order valence-electron chi connectivity index (χ2n) is 3.60. The van der Waals surface area contributed by atoms with E-state index in [0.29, 0.717) is 5.69 Å². The second-order valence-corrected chi connectivity index (χ2v) is 3.94. The molecule has 0 saturated heterocycles. The summed E-state index contributed by atoms with van der Waals surface area (Å²) in [5.41, 5.74) is 8.77.